The van der Waals surface area contributed by atoms with Crippen LogP contribution in [-0.2, 0) is 16.4 Å². The largest absolute Gasteiger partial charge is 0.495 e. The standard InChI is InChI=1S/C13H15ClN2O4S/c1-19-13-5-4-11(7-12(13)14)21(17,18)16-6-2-3-10-8-15-20-9-10/h4-5,7-9,16H,2-3,6H2,1H3. The van der Waals surface area contributed by atoms with E-state index in [0.29, 0.717) is 25.1 Å². The average Bonchev–Trinajstić information content (AvgIpc) is 2.97. The molecule has 0 unspecified atom stereocenters. The van der Waals surface area contributed by atoms with Crippen molar-refractivity contribution >= 4 is 21.6 Å². The summed E-state index contributed by atoms with van der Waals surface area (Å²) in [7, 11) is -2.11. The van der Waals surface area contributed by atoms with Gasteiger partial charge in [-0.25, -0.2) is 13.1 Å². The van der Waals surface area contributed by atoms with Gasteiger partial charge in [-0.2, -0.15) is 0 Å². The fraction of sp³-hybridized carbons (Fsp3) is 0.308. The van der Waals surface area contributed by atoms with Crippen LogP contribution in [-0.4, -0.2) is 27.2 Å². The minimum atomic E-state index is -3.58. The second kappa shape index (κ2) is 6.93. The minimum Gasteiger partial charge on any atom is -0.495 e. The molecule has 0 amide bonds. The molecule has 2 rings (SSSR count). The maximum Gasteiger partial charge on any atom is 0.240 e. The van der Waals surface area contributed by atoms with Crippen LogP contribution in [0.1, 0.15) is 12.0 Å². The van der Waals surface area contributed by atoms with E-state index in [2.05, 4.69) is 9.88 Å². The van der Waals surface area contributed by atoms with Gasteiger partial charge >= 0.3 is 0 Å². The molecule has 0 aliphatic carbocycles. The Morgan fingerprint density at radius 2 is 2.24 bits per heavy atom. The van der Waals surface area contributed by atoms with Crippen LogP contribution >= 0.6 is 11.6 Å². The van der Waals surface area contributed by atoms with E-state index < -0.39 is 10.0 Å². The molecular weight excluding hydrogens is 316 g/mol. The first-order valence-electron chi connectivity index (χ1n) is 6.24. The van der Waals surface area contributed by atoms with Gasteiger partial charge < -0.3 is 9.26 Å². The van der Waals surface area contributed by atoms with E-state index >= 15 is 0 Å². The zero-order valence-electron chi connectivity index (χ0n) is 11.4. The summed E-state index contributed by atoms with van der Waals surface area (Å²) >= 11 is 5.93. The molecule has 0 aliphatic heterocycles. The van der Waals surface area contributed by atoms with Gasteiger partial charge in [0.25, 0.3) is 0 Å². The summed E-state index contributed by atoms with van der Waals surface area (Å²) in [5, 5.41) is 3.84. The normalized spacial score (nSPS) is 11.5. The van der Waals surface area contributed by atoms with Gasteiger partial charge in [-0.15, -0.1) is 0 Å². The number of methoxy groups -OCH3 is 1. The fourth-order valence-electron chi connectivity index (χ4n) is 1.75. The number of hydrogen-bond donors (Lipinski definition) is 1. The molecule has 1 aromatic carbocycles. The Hall–Kier alpha value is -1.57. The van der Waals surface area contributed by atoms with Crippen LogP contribution in [0.15, 0.2) is 40.1 Å². The first-order valence-corrected chi connectivity index (χ1v) is 8.10. The number of nitrogens with zero attached hydrogens (tertiary/aromatic N) is 1. The molecule has 8 heteroatoms. The highest BCUT2D eigenvalue weighted by molar-refractivity contribution is 7.89. The van der Waals surface area contributed by atoms with Crippen LogP contribution in [0.25, 0.3) is 0 Å². The topological polar surface area (TPSA) is 81.4 Å². The average molecular weight is 331 g/mol. The minimum absolute atomic E-state index is 0.110. The third-order valence-corrected chi connectivity index (χ3v) is 4.61. The molecule has 21 heavy (non-hydrogen) atoms. The van der Waals surface area contributed by atoms with E-state index in [0.717, 1.165) is 5.56 Å². The summed E-state index contributed by atoms with van der Waals surface area (Å²) < 4.78 is 36.4. The second-order valence-electron chi connectivity index (χ2n) is 4.33. The van der Waals surface area contributed by atoms with Crippen molar-refractivity contribution in [1.82, 2.24) is 9.88 Å². The van der Waals surface area contributed by atoms with Crippen molar-refractivity contribution in [3.8, 4) is 5.75 Å². The number of sulfonamides is 1. The number of rotatable bonds is 7. The first-order chi connectivity index (χ1) is 10.0. The lowest BCUT2D eigenvalue weighted by molar-refractivity contribution is 0.414. The van der Waals surface area contributed by atoms with E-state index in [-0.39, 0.29) is 9.92 Å². The van der Waals surface area contributed by atoms with Gasteiger partial charge in [0.05, 0.1) is 23.2 Å². The Morgan fingerprint density at radius 1 is 1.43 bits per heavy atom. The van der Waals surface area contributed by atoms with Crippen molar-refractivity contribution in [2.75, 3.05) is 13.7 Å². The van der Waals surface area contributed by atoms with Crippen LogP contribution in [0.3, 0.4) is 0 Å². The lowest BCUT2D eigenvalue weighted by atomic mass is 10.2. The summed E-state index contributed by atoms with van der Waals surface area (Å²) in [5.74, 6) is 0.433. The smallest absolute Gasteiger partial charge is 0.240 e. The van der Waals surface area contributed by atoms with Crippen molar-refractivity contribution in [2.24, 2.45) is 0 Å². The van der Waals surface area contributed by atoms with E-state index in [1.165, 1.54) is 31.6 Å². The molecule has 0 saturated heterocycles. The Kier molecular flexibility index (Phi) is 5.22. The Bertz CT molecular complexity index is 686. The highest BCUT2D eigenvalue weighted by atomic mass is 35.5. The molecule has 114 valence electrons. The SMILES string of the molecule is COc1ccc(S(=O)(=O)NCCCc2cnoc2)cc1Cl. The first kappa shape index (κ1) is 15.8. The van der Waals surface area contributed by atoms with Crippen molar-refractivity contribution in [3.05, 3.63) is 41.2 Å². The van der Waals surface area contributed by atoms with Crippen LogP contribution < -0.4 is 9.46 Å². The molecule has 0 bridgehead atoms. The molecule has 0 fully saturated rings. The zero-order valence-corrected chi connectivity index (χ0v) is 12.9. The van der Waals surface area contributed by atoms with E-state index in [9.17, 15) is 8.42 Å². The summed E-state index contributed by atoms with van der Waals surface area (Å²) in [6.07, 6.45) is 4.48. The molecule has 0 aliphatic rings. The maximum absolute atomic E-state index is 12.1. The third kappa shape index (κ3) is 4.20. The number of aryl methyl sites for hydroxylation is 1. The zero-order chi connectivity index (χ0) is 15.3. The van der Waals surface area contributed by atoms with Crippen molar-refractivity contribution in [3.63, 3.8) is 0 Å². The van der Waals surface area contributed by atoms with Gasteiger partial charge in [0.15, 0.2) is 0 Å². The lowest BCUT2D eigenvalue weighted by Gasteiger charge is -2.08. The highest BCUT2D eigenvalue weighted by Gasteiger charge is 2.15. The van der Waals surface area contributed by atoms with Gasteiger partial charge in [-0.1, -0.05) is 16.8 Å². The van der Waals surface area contributed by atoms with Crippen LogP contribution in [0.5, 0.6) is 5.75 Å². The predicted octanol–water partition coefficient (Wildman–Crippen LogP) is 2.25. The number of nitrogens with one attached hydrogen (secondary N) is 1. The predicted molar refractivity (Wildman–Crippen MR) is 78.0 cm³/mol. The highest BCUT2D eigenvalue weighted by Crippen LogP contribution is 2.26. The van der Waals surface area contributed by atoms with Crippen LogP contribution in [0.4, 0.5) is 0 Å². The number of ether oxygens (including phenoxy) is 1. The second-order valence-corrected chi connectivity index (χ2v) is 6.50. The molecule has 0 atom stereocenters. The van der Waals surface area contributed by atoms with E-state index in [4.69, 9.17) is 20.9 Å². The van der Waals surface area contributed by atoms with Crippen molar-refractivity contribution in [1.29, 1.82) is 0 Å². The monoisotopic (exact) mass is 330 g/mol. The number of benzene rings is 1. The Balaban J connectivity index is 1.93. The third-order valence-electron chi connectivity index (χ3n) is 2.85. The van der Waals surface area contributed by atoms with Crippen LogP contribution in [0, 0.1) is 0 Å². The van der Waals surface area contributed by atoms with Crippen molar-refractivity contribution < 1.29 is 17.7 Å². The van der Waals surface area contributed by atoms with Gasteiger partial charge in [0.1, 0.15) is 12.0 Å². The van der Waals surface area contributed by atoms with Gasteiger partial charge in [-0.3, -0.25) is 0 Å². The number of halogens is 1. The van der Waals surface area contributed by atoms with E-state index in [1.807, 2.05) is 0 Å². The van der Waals surface area contributed by atoms with Crippen LogP contribution in [0.2, 0.25) is 5.02 Å². The molecular formula is C13H15ClN2O4S. The maximum atomic E-state index is 12.1. The number of aromatic nitrogens is 1. The molecule has 2 aromatic rings. The lowest BCUT2D eigenvalue weighted by Crippen LogP contribution is -2.25. The molecule has 0 radical (unpaired) electrons. The van der Waals surface area contributed by atoms with Gasteiger partial charge in [0, 0.05) is 12.1 Å². The van der Waals surface area contributed by atoms with Crippen molar-refractivity contribution in [2.45, 2.75) is 17.7 Å². The Labute approximate surface area is 128 Å². The number of hydrogen-bond acceptors (Lipinski definition) is 5. The quantitative estimate of drug-likeness (QED) is 0.787. The summed E-state index contributed by atoms with van der Waals surface area (Å²) in [6.45, 7) is 0.317. The van der Waals surface area contributed by atoms with Gasteiger partial charge in [0.2, 0.25) is 10.0 Å². The molecule has 1 aromatic heterocycles. The summed E-state index contributed by atoms with van der Waals surface area (Å²) in [6, 6.07) is 4.34. The summed E-state index contributed by atoms with van der Waals surface area (Å²) in [5.41, 5.74) is 0.932. The van der Waals surface area contributed by atoms with E-state index in [1.54, 1.807) is 6.20 Å². The molecule has 6 nitrogen and oxygen atoms in total. The Morgan fingerprint density at radius 3 is 2.86 bits per heavy atom. The molecule has 1 N–H and O–H groups in total. The summed E-state index contributed by atoms with van der Waals surface area (Å²) in [4.78, 5) is 0.110. The molecule has 0 spiro atoms. The fourth-order valence-corrected chi connectivity index (χ4v) is 3.17. The molecule has 0 saturated carbocycles. The van der Waals surface area contributed by atoms with Gasteiger partial charge in [-0.05, 0) is 31.0 Å². The molecule has 1 heterocycles.